The van der Waals surface area contributed by atoms with Crippen molar-refractivity contribution in [2.45, 2.75) is 38.3 Å². The molecule has 172 valence electrons. The van der Waals surface area contributed by atoms with Crippen molar-refractivity contribution < 1.29 is 14.2 Å². The molecule has 3 aliphatic rings. The number of likely N-dealkylation sites (N-methyl/N-ethyl adjacent to an activating group) is 1. The first-order chi connectivity index (χ1) is 15.2. The number of benzene rings is 1. The molecule has 0 aromatic heterocycles. The molecular formula is C24H38N4O3. The van der Waals surface area contributed by atoms with Crippen LogP contribution in [0.3, 0.4) is 0 Å². The Balaban J connectivity index is 1.22. The Morgan fingerprint density at radius 3 is 2.90 bits per heavy atom. The molecule has 1 spiro atoms. The molecule has 3 saturated heterocycles. The SMILES string of the molecule is CN=C(NCc1cccc(OCCN(C)C2CCOCC2)c1)N1CCC2(CCOC2)C1. The second kappa shape index (κ2) is 10.7. The van der Waals surface area contributed by atoms with Crippen molar-refractivity contribution in [2.24, 2.45) is 10.4 Å². The number of rotatable bonds is 7. The van der Waals surface area contributed by atoms with Gasteiger partial charge in [0, 0.05) is 64.5 Å². The summed E-state index contributed by atoms with van der Waals surface area (Å²) in [4.78, 5) is 9.30. The van der Waals surface area contributed by atoms with E-state index in [4.69, 9.17) is 14.2 Å². The Hall–Kier alpha value is -1.83. The van der Waals surface area contributed by atoms with Crippen LogP contribution in [0.25, 0.3) is 0 Å². The van der Waals surface area contributed by atoms with Gasteiger partial charge in [-0.1, -0.05) is 12.1 Å². The summed E-state index contributed by atoms with van der Waals surface area (Å²) in [5, 5.41) is 3.54. The van der Waals surface area contributed by atoms with Crippen LogP contribution in [0.5, 0.6) is 5.75 Å². The van der Waals surface area contributed by atoms with Gasteiger partial charge >= 0.3 is 0 Å². The average molecular weight is 431 g/mol. The van der Waals surface area contributed by atoms with E-state index in [0.29, 0.717) is 18.1 Å². The third-order valence-electron chi connectivity index (χ3n) is 7.01. The molecule has 1 N–H and O–H groups in total. The predicted molar refractivity (Wildman–Crippen MR) is 123 cm³/mol. The van der Waals surface area contributed by atoms with Crippen molar-refractivity contribution in [3.8, 4) is 5.75 Å². The number of hydrogen-bond acceptors (Lipinski definition) is 5. The second-order valence-electron chi connectivity index (χ2n) is 9.19. The topological polar surface area (TPSA) is 58.6 Å². The highest BCUT2D eigenvalue weighted by molar-refractivity contribution is 5.80. The minimum Gasteiger partial charge on any atom is -0.492 e. The summed E-state index contributed by atoms with van der Waals surface area (Å²) in [5.74, 6) is 1.91. The van der Waals surface area contributed by atoms with Gasteiger partial charge in [-0.05, 0) is 50.4 Å². The maximum absolute atomic E-state index is 6.05. The lowest BCUT2D eigenvalue weighted by Crippen LogP contribution is -2.41. The number of ether oxygens (including phenoxy) is 3. The van der Waals surface area contributed by atoms with Gasteiger partial charge in [-0.15, -0.1) is 0 Å². The molecule has 3 aliphatic heterocycles. The van der Waals surface area contributed by atoms with Gasteiger partial charge in [0.2, 0.25) is 0 Å². The fourth-order valence-corrected chi connectivity index (χ4v) is 4.96. The maximum atomic E-state index is 6.05. The molecule has 3 fully saturated rings. The summed E-state index contributed by atoms with van der Waals surface area (Å²) in [6.45, 7) is 8.00. The van der Waals surface area contributed by atoms with Crippen molar-refractivity contribution in [3.05, 3.63) is 29.8 Å². The molecule has 1 aromatic carbocycles. The van der Waals surface area contributed by atoms with Gasteiger partial charge in [0.1, 0.15) is 12.4 Å². The molecule has 1 atom stereocenters. The zero-order chi connectivity index (χ0) is 21.5. The number of nitrogens with one attached hydrogen (secondary N) is 1. The molecule has 0 radical (unpaired) electrons. The van der Waals surface area contributed by atoms with Crippen molar-refractivity contribution in [3.63, 3.8) is 0 Å². The van der Waals surface area contributed by atoms with Gasteiger partial charge in [-0.3, -0.25) is 9.89 Å². The van der Waals surface area contributed by atoms with Gasteiger partial charge in [-0.2, -0.15) is 0 Å². The lowest BCUT2D eigenvalue weighted by Gasteiger charge is -2.31. The molecule has 3 heterocycles. The molecule has 7 heteroatoms. The zero-order valence-electron chi connectivity index (χ0n) is 19.1. The van der Waals surface area contributed by atoms with Gasteiger partial charge in [0.15, 0.2) is 5.96 Å². The van der Waals surface area contributed by atoms with Crippen LogP contribution < -0.4 is 10.1 Å². The van der Waals surface area contributed by atoms with E-state index in [2.05, 4.69) is 45.4 Å². The van der Waals surface area contributed by atoms with Crippen LogP contribution >= 0.6 is 0 Å². The summed E-state index contributed by atoms with van der Waals surface area (Å²) in [7, 11) is 4.05. The Bertz CT molecular complexity index is 729. The first-order valence-electron chi connectivity index (χ1n) is 11.7. The fourth-order valence-electron chi connectivity index (χ4n) is 4.96. The predicted octanol–water partition coefficient (Wildman–Crippen LogP) is 2.36. The first-order valence-corrected chi connectivity index (χ1v) is 11.7. The van der Waals surface area contributed by atoms with Crippen LogP contribution in [0.2, 0.25) is 0 Å². The first kappa shape index (κ1) is 22.4. The highest BCUT2D eigenvalue weighted by Crippen LogP contribution is 2.38. The van der Waals surface area contributed by atoms with E-state index >= 15 is 0 Å². The molecule has 0 bridgehead atoms. The van der Waals surface area contributed by atoms with Gasteiger partial charge in [-0.25, -0.2) is 0 Å². The summed E-state index contributed by atoms with van der Waals surface area (Å²) in [6, 6.07) is 8.98. The fraction of sp³-hybridized carbons (Fsp3) is 0.708. The van der Waals surface area contributed by atoms with E-state index in [0.717, 1.165) is 77.2 Å². The Labute approximate surface area is 186 Å². The van der Waals surface area contributed by atoms with Crippen LogP contribution in [0.1, 0.15) is 31.2 Å². The Morgan fingerprint density at radius 2 is 2.13 bits per heavy atom. The standard InChI is InChI=1S/C24H38N4O3/c1-25-23(28-10-8-24(18-28)9-14-30-19-24)26-17-20-4-3-5-22(16-20)31-15-11-27(2)21-6-12-29-13-7-21/h3-5,16,21H,6-15,17-19H2,1-2H3,(H,25,26). The van der Waals surface area contributed by atoms with E-state index in [9.17, 15) is 0 Å². The van der Waals surface area contributed by atoms with E-state index in [1.807, 2.05) is 13.1 Å². The molecule has 0 amide bonds. The minimum absolute atomic E-state index is 0.336. The third kappa shape index (κ3) is 5.90. The van der Waals surface area contributed by atoms with E-state index in [1.54, 1.807) is 0 Å². The lowest BCUT2D eigenvalue weighted by atomic mass is 9.87. The summed E-state index contributed by atoms with van der Waals surface area (Å²) in [5.41, 5.74) is 1.54. The highest BCUT2D eigenvalue weighted by atomic mass is 16.5. The van der Waals surface area contributed by atoms with Crippen LogP contribution in [0.15, 0.2) is 29.3 Å². The van der Waals surface area contributed by atoms with Crippen LogP contribution in [-0.4, -0.2) is 88.6 Å². The van der Waals surface area contributed by atoms with Crippen molar-refractivity contribution in [1.82, 2.24) is 15.1 Å². The molecule has 1 unspecified atom stereocenters. The molecule has 0 saturated carbocycles. The zero-order valence-corrected chi connectivity index (χ0v) is 19.1. The largest absolute Gasteiger partial charge is 0.492 e. The minimum atomic E-state index is 0.336. The van der Waals surface area contributed by atoms with Gasteiger partial charge in [0.25, 0.3) is 0 Å². The maximum Gasteiger partial charge on any atom is 0.193 e. The molecular weight excluding hydrogens is 392 g/mol. The van der Waals surface area contributed by atoms with Crippen molar-refractivity contribution in [2.75, 3.05) is 66.8 Å². The summed E-state index contributed by atoms with van der Waals surface area (Å²) < 4.78 is 17.2. The normalized spacial score (nSPS) is 25.0. The Kier molecular flexibility index (Phi) is 7.69. The van der Waals surface area contributed by atoms with Gasteiger partial charge in [0.05, 0.1) is 6.61 Å². The Morgan fingerprint density at radius 1 is 1.26 bits per heavy atom. The highest BCUT2D eigenvalue weighted by Gasteiger charge is 2.42. The third-order valence-corrected chi connectivity index (χ3v) is 7.01. The average Bonchev–Trinajstić information content (AvgIpc) is 3.45. The second-order valence-corrected chi connectivity index (χ2v) is 9.19. The molecule has 4 rings (SSSR count). The number of nitrogens with zero attached hydrogens (tertiary/aromatic N) is 3. The summed E-state index contributed by atoms with van der Waals surface area (Å²) in [6.07, 6.45) is 4.59. The number of likely N-dealkylation sites (tertiary alicyclic amines) is 1. The van der Waals surface area contributed by atoms with E-state index in [-0.39, 0.29) is 0 Å². The summed E-state index contributed by atoms with van der Waals surface area (Å²) >= 11 is 0. The molecule has 7 nitrogen and oxygen atoms in total. The van der Waals surface area contributed by atoms with Crippen molar-refractivity contribution in [1.29, 1.82) is 0 Å². The quantitative estimate of drug-likeness (QED) is 0.529. The van der Waals surface area contributed by atoms with Crippen LogP contribution in [0, 0.1) is 5.41 Å². The monoisotopic (exact) mass is 430 g/mol. The molecule has 1 aromatic rings. The van der Waals surface area contributed by atoms with Gasteiger partial charge < -0.3 is 24.4 Å². The van der Waals surface area contributed by atoms with Crippen LogP contribution in [0.4, 0.5) is 0 Å². The van der Waals surface area contributed by atoms with Crippen molar-refractivity contribution >= 4 is 5.96 Å². The number of guanidine groups is 1. The van der Waals surface area contributed by atoms with E-state index in [1.165, 1.54) is 18.4 Å². The van der Waals surface area contributed by atoms with E-state index < -0.39 is 0 Å². The molecule has 0 aliphatic carbocycles. The number of hydrogen-bond donors (Lipinski definition) is 1. The number of aliphatic imine (C=N–C) groups is 1. The lowest BCUT2D eigenvalue weighted by molar-refractivity contribution is 0.0392. The van der Waals surface area contributed by atoms with Crippen LogP contribution in [-0.2, 0) is 16.0 Å². The molecule has 31 heavy (non-hydrogen) atoms. The smallest absolute Gasteiger partial charge is 0.193 e.